The molecule has 0 radical (unpaired) electrons. The third-order valence-corrected chi connectivity index (χ3v) is 4.34. The van der Waals surface area contributed by atoms with Crippen molar-refractivity contribution in [1.29, 1.82) is 0 Å². The normalized spacial score (nSPS) is 18.6. The first-order valence-electron chi connectivity index (χ1n) is 7.52. The van der Waals surface area contributed by atoms with Gasteiger partial charge in [-0.25, -0.2) is 9.69 Å². The molecule has 7 heteroatoms. The van der Waals surface area contributed by atoms with E-state index in [0.717, 1.165) is 11.3 Å². The molecule has 0 N–H and O–H groups in total. The second kappa shape index (κ2) is 4.78. The molecule has 1 saturated carbocycles. The topological polar surface area (TPSA) is 89.8 Å². The van der Waals surface area contributed by atoms with Gasteiger partial charge in [0.15, 0.2) is 0 Å². The van der Waals surface area contributed by atoms with E-state index in [9.17, 15) is 19.7 Å². The van der Waals surface area contributed by atoms with Crippen LogP contribution in [0.15, 0.2) is 18.2 Å². The highest BCUT2D eigenvalue weighted by Crippen LogP contribution is 2.54. The first-order chi connectivity index (χ1) is 10.7. The molecule has 7 nitrogen and oxygen atoms in total. The highest BCUT2D eigenvalue weighted by molar-refractivity contribution is 6.21. The second-order valence-electron chi connectivity index (χ2n) is 7.02. The van der Waals surface area contributed by atoms with Crippen LogP contribution in [0.2, 0.25) is 0 Å². The number of ether oxygens (including phenoxy) is 1. The number of amides is 2. The molecule has 2 aliphatic rings. The van der Waals surface area contributed by atoms with Gasteiger partial charge in [-0.2, -0.15) is 0 Å². The summed E-state index contributed by atoms with van der Waals surface area (Å²) in [6, 6.07) is 4.18. The number of nitro groups is 1. The molecule has 0 atom stereocenters. The summed E-state index contributed by atoms with van der Waals surface area (Å²) in [4.78, 5) is 36.8. The van der Waals surface area contributed by atoms with Gasteiger partial charge in [0.05, 0.1) is 16.0 Å². The van der Waals surface area contributed by atoms with Gasteiger partial charge in [0, 0.05) is 12.1 Å². The predicted molar refractivity (Wildman–Crippen MR) is 82.3 cm³/mol. The zero-order chi connectivity index (χ0) is 17.0. The van der Waals surface area contributed by atoms with Crippen molar-refractivity contribution in [3.8, 4) is 0 Å². The Morgan fingerprint density at radius 3 is 2.48 bits per heavy atom. The van der Waals surface area contributed by atoms with Crippen LogP contribution in [-0.2, 0) is 14.9 Å². The van der Waals surface area contributed by atoms with E-state index in [1.807, 2.05) is 0 Å². The molecule has 0 saturated heterocycles. The van der Waals surface area contributed by atoms with E-state index in [1.54, 1.807) is 20.8 Å². The maximum Gasteiger partial charge on any atom is 0.421 e. The molecule has 1 aromatic carbocycles. The first kappa shape index (κ1) is 15.5. The molecule has 122 valence electrons. The standard InChI is InChI=1S/C16H18N2O5/c1-15(2,3)23-14(20)17-12-6-5-10(18(21)22)9-11(12)16(13(17)19)7-4-8-16/h5-6,9H,4,7-8H2,1-3H3. The summed E-state index contributed by atoms with van der Waals surface area (Å²) < 4.78 is 5.32. The molecule has 3 rings (SSSR count). The zero-order valence-electron chi connectivity index (χ0n) is 13.3. The molecule has 23 heavy (non-hydrogen) atoms. The van der Waals surface area contributed by atoms with Gasteiger partial charge in [-0.1, -0.05) is 6.42 Å². The lowest BCUT2D eigenvalue weighted by Gasteiger charge is -2.36. The number of carbonyl (C=O) groups is 2. The molecule has 1 spiro atoms. The van der Waals surface area contributed by atoms with Crippen molar-refractivity contribution in [1.82, 2.24) is 0 Å². The summed E-state index contributed by atoms with van der Waals surface area (Å²) in [5.41, 5.74) is -0.649. The van der Waals surface area contributed by atoms with E-state index in [1.165, 1.54) is 18.2 Å². The van der Waals surface area contributed by atoms with Crippen molar-refractivity contribution in [2.75, 3.05) is 4.90 Å². The van der Waals surface area contributed by atoms with E-state index < -0.39 is 22.0 Å². The van der Waals surface area contributed by atoms with Crippen LogP contribution < -0.4 is 4.90 Å². The number of carbonyl (C=O) groups excluding carboxylic acids is 2. The number of benzene rings is 1. The van der Waals surface area contributed by atoms with Crippen LogP contribution in [0.4, 0.5) is 16.2 Å². The lowest BCUT2D eigenvalue weighted by atomic mass is 9.65. The highest BCUT2D eigenvalue weighted by Gasteiger charge is 2.57. The molecule has 1 heterocycles. The average molecular weight is 318 g/mol. The number of nitrogens with zero attached hydrogens (tertiary/aromatic N) is 2. The zero-order valence-corrected chi connectivity index (χ0v) is 13.3. The Morgan fingerprint density at radius 1 is 1.35 bits per heavy atom. The molecule has 1 aliphatic carbocycles. The van der Waals surface area contributed by atoms with Crippen molar-refractivity contribution in [2.24, 2.45) is 0 Å². The molecule has 1 aromatic rings. The number of anilines is 1. The number of hydrogen-bond acceptors (Lipinski definition) is 5. The molecule has 0 bridgehead atoms. The molecule has 0 aromatic heterocycles. The smallest absolute Gasteiger partial charge is 0.421 e. The quantitative estimate of drug-likeness (QED) is 0.585. The molecule has 1 fully saturated rings. The lowest BCUT2D eigenvalue weighted by molar-refractivity contribution is -0.384. The van der Waals surface area contributed by atoms with Crippen molar-refractivity contribution >= 4 is 23.4 Å². The maximum atomic E-state index is 12.8. The Morgan fingerprint density at radius 2 is 2.00 bits per heavy atom. The van der Waals surface area contributed by atoms with Gasteiger partial charge in [0.1, 0.15) is 5.60 Å². The number of non-ortho nitro benzene ring substituents is 1. The number of rotatable bonds is 1. The summed E-state index contributed by atoms with van der Waals surface area (Å²) in [5, 5.41) is 11.0. The predicted octanol–water partition coefficient (Wildman–Crippen LogP) is 3.30. The van der Waals surface area contributed by atoms with Crippen LogP contribution in [-0.4, -0.2) is 22.5 Å². The van der Waals surface area contributed by atoms with Crippen LogP contribution in [0, 0.1) is 10.1 Å². The monoisotopic (exact) mass is 318 g/mol. The second-order valence-corrected chi connectivity index (χ2v) is 7.02. The van der Waals surface area contributed by atoms with Crippen molar-refractivity contribution in [3.63, 3.8) is 0 Å². The Labute approximate surface area is 133 Å². The number of hydrogen-bond donors (Lipinski definition) is 0. The van der Waals surface area contributed by atoms with Crippen LogP contribution in [0.25, 0.3) is 0 Å². The van der Waals surface area contributed by atoms with E-state index >= 15 is 0 Å². The minimum absolute atomic E-state index is 0.0751. The summed E-state index contributed by atoms with van der Waals surface area (Å²) in [6.45, 7) is 5.17. The fraction of sp³-hybridized carbons (Fsp3) is 0.500. The van der Waals surface area contributed by atoms with Gasteiger partial charge in [-0.15, -0.1) is 0 Å². The highest BCUT2D eigenvalue weighted by atomic mass is 16.6. The molecular formula is C16H18N2O5. The van der Waals surface area contributed by atoms with Crippen LogP contribution in [0.5, 0.6) is 0 Å². The van der Waals surface area contributed by atoms with Gasteiger partial charge in [0.25, 0.3) is 5.69 Å². The lowest BCUT2D eigenvalue weighted by Crippen LogP contribution is -2.48. The summed E-state index contributed by atoms with van der Waals surface area (Å²) in [6.07, 6.45) is 1.32. The van der Waals surface area contributed by atoms with Crippen molar-refractivity contribution in [2.45, 2.75) is 51.0 Å². The van der Waals surface area contributed by atoms with E-state index in [0.29, 0.717) is 24.1 Å². The van der Waals surface area contributed by atoms with Gasteiger partial charge in [-0.3, -0.25) is 14.9 Å². The number of imide groups is 1. The summed E-state index contributed by atoms with van der Waals surface area (Å²) in [7, 11) is 0. The van der Waals surface area contributed by atoms with Crippen LogP contribution in [0.1, 0.15) is 45.6 Å². The van der Waals surface area contributed by atoms with Gasteiger partial charge in [0.2, 0.25) is 5.91 Å². The third kappa shape index (κ3) is 2.27. The number of fused-ring (bicyclic) bond motifs is 2. The summed E-state index contributed by atoms with van der Waals surface area (Å²) in [5.74, 6) is -0.339. The van der Waals surface area contributed by atoms with Gasteiger partial charge in [-0.05, 0) is 45.2 Å². The van der Waals surface area contributed by atoms with Gasteiger partial charge >= 0.3 is 6.09 Å². The minimum atomic E-state index is -0.807. The fourth-order valence-electron chi connectivity index (χ4n) is 3.16. The molecule has 0 unspecified atom stereocenters. The number of nitro benzene ring substituents is 1. The Balaban J connectivity index is 2.07. The van der Waals surface area contributed by atoms with Crippen LogP contribution >= 0.6 is 0 Å². The van der Waals surface area contributed by atoms with Crippen LogP contribution in [0.3, 0.4) is 0 Å². The Bertz CT molecular complexity index is 716. The third-order valence-electron chi connectivity index (χ3n) is 4.34. The van der Waals surface area contributed by atoms with E-state index in [-0.39, 0.29) is 11.6 Å². The largest absolute Gasteiger partial charge is 0.443 e. The fourth-order valence-corrected chi connectivity index (χ4v) is 3.16. The Hall–Kier alpha value is -2.44. The van der Waals surface area contributed by atoms with E-state index in [2.05, 4.69) is 0 Å². The molecule has 1 aliphatic heterocycles. The summed E-state index contributed by atoms with van der Waals surface area (Å²) >= 11 is 0. The molecule has 2 amide bonds. The van der Waals surface area contributed by atoms with Crippen molar-refractivity contribution < 1.29 is 19.2 Å². The van der Waals surface area contributed by atoms with E-state index in [4.69, 9.17) is 4.74 Å². The SMILES string of the molecule is CC(C)(C)OC(=O)N1C(=O)C2(CCC2)c2cc([N+](=O)[O-])ccc21. The first-order valence-corrected chi connectivity index (χ1v) is 7.52. The maximum absolute atomic E-state index is 12.8. The minimum Gasteiger partial charge on any atom is -0.443 e. The Kier molecular flexibility index (Phi) is 3.21. The van der Waals surface area contributed by atoms with Gasteiger partial charge < -0.3 is 4.74 Å². The van der Waals surface area contributed by atoms with Crippen molar-refractivity contribution in [3.05, 3.63) is 33.9 Å². The molecular weight excluding hydrogens is 300 g/mol. The average Bonchev–Trinajstić information content (AvgIpc) is 2.63.